The van der Waals surface area contributed by atoms with Gasteiger partial charge >= 0.3 is 10.4 Å². The van der Waals surface area contributed by atoms with Crippen molar-refractivity contribution in [3.05, 3.63) is 10.1 Å². The van der Waals surface area contributed by atoms with Crippen molar-refractivity contribution < 1.29 is 34.1 Å². The van der Waals surface area contributed by atoms with Gasteiger partial charge < -0.3 is 24.4 Å². The Morgan fingerprint density at radius 2 is 1.95 bits per heavy atom. The van der Waals surface area contributed by atoms with E-state index >= 15 is 0 Å². The van der Waals surface area contributed by atoms with E-state index in [0.29, 0.717) is 6.42 Å². The average molecular weight is 374 g/mol. The summed E-state index contributed by atoms with van der Waals surface area (Å²) in [5.41, 5.74) is 0. The highest BCUT2D eigenvalue weighted by molar-refractivity contribution is 9.10. The molecular weight excluding hydrogens is 354 g/mol. The largest absolute Gasteiger partial charge is 0.436 e. The molecule has 9 nitrogen and oxygen atoms in total. The highest BCUT2D eigenvalue weighted by atomic mass is 79.9. The Bertz CT molecular complexity index is 339. The molecule has 1 aliphatic rings. The number of carbonyl (C=O) groups excluding carboxylic acids is 1. The molecule has 3 unspecified atom stereocenters. The molecule has 1 aliphatic heterocycles. The number of nitrogens with zero attached hydrogens (tertiary/aromatic N) is 1. The second kappa shape index (κ2) is 9.26. The van der Waals surface area contributed by atoms with E-state index in [-0.39, 0.29) is 18.4 Å². The maximum atomic E-state index is 10.6. The van der Waals surface area contributed by atoms with E-state index < -0.39 is 28.9 Å². The van der Waals surface area contributed by atoms with Crippen LogP contribution in [0, 0.1) is 10.1 Å². The lowest BCUT2D eigenvalue weighted by Gasteiger charge is -2.31. The van der Waals surface area contributed by atoms with E-state index in [0.717, 1.165) is 0 Å². The minimum Gasteiger partial charge on any atom is -0.436 e. The second-order valence-electron chi connectivity index (χ2n) is 4.42. The average Bonchev–Trinajstić information content (AvgIpc) is 2.36. The van der Waals surface area contributed by atoms with Gasteiger partial charge in [0.25, 0.3) is 0 Å². The lowest BCUT2D eigenvalue weighted by atomic mass is 10.2. The van der Waals surface area contributed by atoms with Gasteiger partial charge in [0.05, 0.1) is 6.10 Å². The maximum absolute atomic E-state index is 10.6. The summed E-state index contributed by atoms with van der Waals surface area (Å²) in [7, 11) is 0. The monoisotopic (exact) mass is 373 g/mol. The van der Waals surface area contributed by atoms with Crippen LogP contribution in [0.25, 0.3) is 0 Å². The molecule has 0 aliphatic carbocycles. The number of esters is 1. The van der Waals surface area contributed by atoms with Crippen LogP contribution in [0.5, 0.6) is 0 Å². The summed E-state index contributed by atoms with van der Waals surface area (Å²) in [5.74, 6) is -0.318. The fourth-order valence-electron chi connectivity index (χ4n) is 1.38. The zero-order chi connectivity index (χ0) is 16.6. The Hall–Kier alpha value is -0.810. The van der Waals surface area contributed by atoms with Crippen molar-refractivity contribution in [3.8, 4) is 0 Å². The highest BCUT2D eigenvalue weighted by Gasteiger charge is 2.38. The first-order chi connectivity index (χ1) is 9.64. The first kappa shape index (κ1) is 20.2. The van der Waals surface area contributed by atoms with Crippen molar-refractivity contribution in [1.82, 2.24) is 0 Å². The van der Waals surface area contributed by atoms with Gasteiger partial charge in [-0.2, -0.15) is 0 Å². The van der Waals surface area contributed by atoms with Gasteiger partial charge in [-0.1, -0.05) is 0 Å². The van der Waals surface area contributed by atoms with Crippen molar-refractivity contribution in [2.24, 2.45) is 0 Å². The smallest absolute Gasteiger partial charge is 0.319 e. The third kappa shape index (κ3) is 7.67. The molecule has 0 saturated carbocycles. The number of rotatable bonds is 4. The summed E-state index contributed by atoms with van der Waals surface area (Å²) in [6.07, 6.45) is -0.0540. The van der Waals surface area contributed by atoms with E-state index in [1.165, 1.54) is 6.92 Å². The molecule has 3 atom stereocenters. The standard InChI is InChI=1S/C8H14O4.C3H6BrNO4/c1-5-4-8(11-6(2)9)12-7(3)10-5;4-3(1-6,2-7)5(8)9/h5,7-8H,4H2,1-3H3;6-7H,1-2H2. The van der Waals surface area contributed by atoms with Crippen LogP contribution in [0.2, 0.25) is 0 Å². The molecule has 0 aromatic rings. The molecule has 1 heterocycles. The summed E-state index contributed by atoms with van der Waals surface area (Å²) in [6, 6.07) is 0. The maximum Gasteiger partial charge on any atom is 0.319 e. The van der Waals surface area contributed by atoms with Crippen LogP contribution in [0.4, 0.5) is 0 Å². The molecular formula is C11H20BrNO8. The molecule has 2 N–H and O–H groups in total. The molecule has 1 saturated heterocycles. The predicted molar refractivity (Wildman–Crippen MR) is 74.1 cm³/mol. The number of nitro groups is 1. The van der Waals surface area contributed by atoms with E-state index in [1.807, 2.05) is 6.92 Å². The van der Waals surface area contributed by atoms with Gasteiger partial charge in [0.15, 0.2) is 6.29 Å². The number of aliphatic hydroxyl groups is 2. The van der Waals surface area contributed by atoms with E-state index in [4.69, 9.17) is 24.4 Å². The van der Waals surface area contributed by atoms with E-state index in [1.54, 1.807) is 6.92 Å². The molecule has 0 aromatic carbocycles. The van der Waals surface area contributed by atoms with Crippen LogP contribution in [-0.2, 0) is 19.0 Å². The van der Waals surface area contributed by atoms with Crippen LogP contribution in [0.1, 0.15) is 27.2 Å². The SMILES string of the molecule is CC(=O)OC1CC(C)OC(C)O1.O=[N+]([O-])C(Br)(CO)CO. The first-order valence-electron chi connectivity index (χ1n) is 6.18. The second-order valence-corrected chi connectivity index (χ2v) is 5.89. The van der Waals surface area contributed by atoms with Gasteiger partial charge in [-0.25, -0.2) is 0 Å². The number of hydrogen-bond acceptors (Lipinski definition) is 8. The zero-order valence-corrected chi connectivity index (χ0v) is 13.6. The number of alkyl halides is 1. The fourth-order valence-corrected chi connectivity index (χ4v) is 1.38. The van der Waals surface area contributed by atoms with Gasteiger partial charge in [0.1, 0.15) is 13.2 Å². The van der Waals surface area contributed by atoms with Gasteiger partial charge in [0.2, 0.25) is 6.29 Å². The van der Waals surface area contributed by atoms with Crippen LogP contribution in [0.3, 0.4) is 0 Å². The number of carbonyl (C=O) groups is 1. The lowest BCUT2D eigenvalue weighted by Crippen LogP contribution is -2.39. The summed E-state index contributed by atoms with van der Waals surface area (Å²) >= 11 is 2.55. The normalized spacial score (nSPS) is 25.5. The molecule has 0 bridgehead atoms. The molecule has 124 valence electrons. The summed E-state index contributed by atoms with van der Waals surface area (Å²) in [4.78, 5) is 19.7. The van der Waals surface area contributed by atoms with Crippen molar-refractivity contribution in [2.75, 3.05) is 13.2 Å². The Morgan fingerprint density at radius 3 is 2.24 bits per heavy atom. The minimum atomic E-state index is -1.77. The highest BCUT2D eigenvalue weighted by Crippen LogP contribution is 2.18. The quantitative estimate of drug-likeness (QED) is 0.238. The van der Waals surface area contributed by atoms with Crippen LogP contribution < -0.4 is 0 Å². The topological polar surface area (TPSA) is 128 Å². The molecule has 21 heavy (non-hydrogen) atoms. The van der Waals surface area contributed by atoms with Crippen LogP contribution >= 0.6 is 15.9 Å². The first-order valence-corrected chi connectivity index (χ1v) is 6.97. The van der Waals surface area contributed by atoms with E-state index in [2.05, 4.69) is 15.9 Å². The molecule has 10 heteroatoms. The van der Waals surface area contributed by atoms with Crippen molar-refractivity contribution in [3.63, 3.8) is 0 Å². The van der Waals surface area contributed by atoms with Gasteiger partial charge in [-0.3, -0.25) is 14.9 Å². The number of halogens is 1. The predicted octanol–water partition coefficient (Wildman–Crippen LogP) is 0.386. The van der Waals surface area contributed by atoms with Gasteiger partial charge in [0, 0.05) is 34.2 Å². The molecule has 1 rings (SSSR count). The van der Waals surface area contributed by atoms with Crippen molar-refractivity contribution >= 4 is 21.9 Å². The molecule has 0 amide bonds. The third-order valence-electron chi connectivity index (χ3n) is 2.40. The molecule has 0 aromatic heterocycles. The summed E-state index contributed by atoms with van der Waals surface area (Å²) < 4.78 is 13.6. The number of ether oxygens (including phenoxy) is 3. The summed E-state index contributed by atoms with van der Waals surface area (Å²) in [5, 5.41) is 26.5. The summed E-state index contributed by atoms with van der Waals surface area (Å²) in [6.45, 7) is 3.63. The molecule has 0 spiro atoms. The Morgan fingerprint density at radius 1 is 1.43 bits per heavy atom. The van der Waals surface area contributed by atoms with E-state index in [9.17, 15) is 14.9 Å². The van der Waals surface area contributed by atoms with Gasteiger partial charge in [-0.05, 0) is 13.8 Å². The van der Waals surface area contributed by atoms with Gasteiger partial charge in [-0.15, -0.1) is 0 Å². The van der Waals surface area contributed by atoms with Crippen molar-refractivity contribution in [2.45, 2.75) is 50.3 Å². The molecule has 0 radical (unpaired) electrons. The minimum absolute atomic E-state index is 0.0816. The third-order valence-corrected chi connectivity index (χ3v) is 3.19. The lowest BCUT2D eigenvalue weighted by molar-refractivity contribution is -0.542. The number of hydrogen-bond donors (Lipinski definition) is 2. The Labute approximate surface area is 130 Å². The van der Waals surface area contributed by atoms with Crippen LogP contribution in [-0.4, -0.2) is 57.5 Å². The van der Waals surface area contributed by atoms with Crippen molar-refractivity contribution in [1.29, 1.82) is 0 Å². The van der Waals surface area contributed by atoms with Crippen LogP contribution in [0.15, 0.2) is 0 Å². The Kier molecular flexibility index (Phi) is 8.90. The zero-order valence-electron chi connectivity index (χ0n) is 12.0. The Balaban J connectivity index is 0.000000400. The molecule has 1 fully saturated rings. The fraction of sp³-hybridized carbons (Fsp3) is 0.909. The number of aliphatic hydroxyl groups excluding tert-OH is 2.